The summed E-state index contributed by atoms with van der Waals surface area (Å²) in [6.07, 6.45) is 9.92. The fraction of sp³-hybridized carbons (Fsp3) is 0.867. The number of rotatable bonds is 12. The second-order valence-corrected chi connectivity index (χ2v) is 6.64. The Labute approximate surface area is 133 Å². The van der Waals surface area contributed by atoms with Crippen LogP contribution in [0.25, 0.3) is 0 Å². The Balaban J connectivity index is 3.64. The van der Waals surface area contributed by atoms with Crippen LogP contribution >= 0.6 is 0 Å². The van der Waals surface area contributed by atoms with E-state index in [4.69, 9.17) is 0 Å². The first kappa shape index (κ1) is 21.0. The molecule has 0 rings (SSSR count). The van der Waals surface area contributed by atoms with Crippen LogP contribution in [0.1, 0.15) is 78.1 Å². The summed E-state index contributed by atoms with van der Waals surface area (Å²) in [4.78, 5) is 22.5. The highest BCUT2D eigenvalue weighted by Gasteiger charge is 2.27. The molecule has 0 aromatic carbocycles. The Morgan fingerprint density at radius 1 is 0.818 bits per heavy atom. The Bertz CT molecular complexity index is 416. The highest BCUT2D eigenvalue weighted by Crippen LogP contribution is 2.11. The van der Waals surface area contributed by atoms with Gasteiger partial charge >= 0.3 is 21.4 Å². The minimum absolute atomic E-state index is 0.0449. The lowest BCUT2D eigenvalue weighted by molar-refractivity contribution is -0.136. The fourth-order valence-corrected chi connectivity index (χ4v) is 2.58. The molecule has 0 aliphatic carbocycles. The molecule has 0 spiro atoms. The summed E-state index contributed by atoms with van der Waals surface area (Å²) in [5.41, 5.74) is 0. The molecule has 22 heavy (non-hydrogen) atoms. The number of hydrogen-bond donors (Lipinski definition) is 0. The molecular formula is C15H28O6S. The molecule has 0 fully saturated rings. The van der Waals surface area contributed by atoms with Gasteiger partial charge in [-0.3, -0.25) is 8.98 Å². The number of unbranched alkanes of at least 4 members (excludes halogenated alkanes) is 8. The van der Waals surface area contributed by atoms with Gasteiger partial charge in [-0.2, -0.15) is 8.42 Å². The summed E-state index contributed by atoms with van der Waals surface area (Å²) < 4.78 is 30.8. The average Bonchev–Trinajstić information content (AvgIpc) is 2.45. The van der Waals surface area contributed by atoms with Gasteiger partial charge in [0.2, 0.25) is 0 Å². The molecule has 0 aromatic rings. The predicted octanol–water partition coefficient (Wildman–Crippen LogP) is 3.94. The molecule has 130 valence electrons. The fourth-order valence-electron chi connectivity index (χ4n) is 1.98. The van der Waals surface area contributed by atoms with E-state index < -0.39 is 21.4 Å². The van der Waals surface area contributed by atoms with Crippen molar-refractivity contribution in [1.29, 1.82) is 0 Å². The second-order valence-electron chi connectivity index (χ2n) is 5.16. The molecule has 0 bridgehead atoms. The van der Waals surface area contributed by atoms with E-state index in [1.54, 1.807) is 0 Å². The van der Waals surface area contributed by atoms with Crippen molar-refractivity contribution in [3.8, 4) is 0 Å². The van der Waals surface area contributed by atoms with Gasteiger partial charge in [0, 0.05) is 6.42 Å². The van der Waals surface area contributed by atoms with Crippen molar-refractivity contribution < 1.29 is 26.9 Å². The van der Waals surface area contributed by atoms with Crippen LogP contribution in [-0.4, -0.2) is 26.3 Å². The van der Waals surface area contributed by atoms with Gasteiger partial charge in [-0.05, 0) is 13.3 Å². The number of hydrogen-bond acceptors (Lipinski definition) is 6. The van der Waals surface area contributed by atoms with Gasteiger partial charge in [-0.1, -0.05) is 58.3 Å². The smallest absolute Gasteiger partial charge is 0.379 e. The van der Waals surface area contributed by atoms with Crippen LogP contribution < -0.4 is 0 Å². The van der Waals surface area contributed by atoms with Crippen molar-refractivity contribution in [2.24, 2.45) is 0 Å². The quantitative estimate of drug-likeness (QED) is 0.232. The molecule has 0 atom stereocenters. The summed E-state index contributed by atoms with van der Waals surface area (Å²) in [6.45, 7) is 3.43. The Hall–Kier alpha value is -0.950. The standard InChI is InChI=1S/C15H28O6S/c1-3-5-6-7-8-9-10-11-12-13-14(16)21-15(17)22(18,19)20-4-2/h3-13H2,1-2H3. The first-order valence-corrected chi connectivity index (χ1v) is 9.49. The number of ether oxygens (including phenoxy) is 1. The minimum atomic E-state index is -4.44. The number of esters is 1. The molecule has 0 radical (unpaired) electrons. The molecule has 0 amide bonds. The van der Waals surface area contributed by atoms with E-state index in [-0.39, 0.29) is 13.0 Å². The third-order valence-corrected chi connectivity index (χ3v) is 4.20. The first-order valence-electron chi connectivity index (χ1n) is 8.08. The number of carbonyl (C=O) groups is 2. The van der Waals surface area contributed by atoms with Crippen LogP contribution in [0.3, 0.4) is 0 Å². The largest absolute Gasteiger partial charge is 0.459 e. The Kier molecular flexibility index (Phi) is 12.0. The zero-order valence-corrected chi connectivity index (χ0v) is 14.5. The molecule has 0 unspecified atom stereocenters. The van der Waals surface area contributed by atoms with E-state index in [0.717, 1.165) is 19.3 Å². The summed E-state index contributed by atoms with van der Waals surface area (Å²) in [5, 5.41) is -1.63. The van der Waals surface area contributed by atoms with Crippen molar-refractivity contribution in [1.82, 2.24) is 0 Å². The summed E-state index contributed by atoms with van der Waals surface area (Å²) >= 11 is 0. The van der Waals surface area contributed by atoms with Gasteiger partial charge in [-0.25, -0.2) is 4.79 Å². The molecule has 0 saturated carbocycles. The topological polar surface area (TPSA) is 86.7 Å². The zero-order chi connectivity index (χ0) is 16.8. The Morgan fingerprint density at radius 2 is 1.32 bits per heavy atom. The Morgan fingerprint density at radius 3 is 1.82 bits per heavy atom. The summed E-state index contributed by atoms with van der Waals surface area (Å²) in [5.74, 6) is -0.823. The van der Waals surface area contributed by atoms with Crippen LogP contribution in [0, 0.1) is 0 Å². The van der Waals surface area contributed by atoms with Crippen molar-refractivity contribution in [3.05, 3.63) is 0 Å². The van der Waals surface area contributed by atoms with Crippen LogP contribution in [0.4, 0.5) is 4.79 Å². The zero-order valence-electron chi connectivity index (χ0n) is 13.6. The maximum Gasteiger partial charge on any atom is 0.459 e. The molecule has 0 aromatic heterocycles. The molecular weight excluding hydrogens is 308 g/mol. The number of carbonyl (C=O) groups excluding carboxylic acids is 2. The van der Waals surface area contributed by atoms with Crippen molar-refractivity contribution in [2.45, 2.75) is 78.1 Å². The SMILES string of the molecule is CCCCCCCCCCCC(=O)OC(=O)S(=O)(=O)OCC. The summed E-state index contributed by atoms with van der Waals surface area (Å²) in [6, 6.07) is 0. The van der Waals surface area contributed by atoms with Gasteiger partial charge in [0.05, 0.1) is 6.61 Å². The van der Waals surface area contributed by atoms with Crippen LogP contribution in [0.15, 0.2) is 0 Å². The van der Waals surface area contributed by atoms with E-state index in [9.17, 15) is 18.0 Å². The van der Waals surface area contributed by atoms with E-state index in [1.807, 2.05) is 0 Å². The van der Waals surface area contributed by atoms with E-state index in [1.165, 1.54) is 39.0 Å². The van der Waals surface area contributed by atoms with E-state index in [0.29, 0.717) is 6.42 Å². The second kappa shape index (κ2) is 12.6. The molecule has 0 heterocycles. The molecule has 0 saturated heterocycles. The molecule has 7 heteroatoms. The van der Waals surface area contributed by atoms with E-state index >= 15 is 0 Å². The normalized spacial score (nSPS) is 11.4. The average molecular weight is 336 g/mol. The molecule has 0 N–H and O–H groups in total. The maximum atomic E-state index is 11.3. The van der Waals surface area contributed by atoms with Gasteiger partial charge in [-0.15, -0.1) is 0 Å². The predicted molar refractivity (Wildman–Crippen MR) is 83.9 cm³/mol. The lowest BCUT2D eigenvalue weighted by Crippen LogP contribution is -2.22. The maximum absolute atomic E-state index is 11.3. The van der Waals surface area contributed by atoms with Crippen LogP contribution in [0.5, 0.6) is 0 Å². The highest BCUT2D eigenvalue weighted by molar-refractivity contribution is 8.01. The van der Waals surface area contributed by atoms with Crippen molar-refractivity contribution in [2.75, 3.05) is 6.61 Å². The lowest BCUT2D eigenvalue weighted by atomic mass is 10.1. The third kappa shape index (κ3) is 10.7. The third-order valence-electron chi connectivity index (χ3n) is 3.16. The van der Waals surface area contributed by atoms with Crippen molar-refractivity contribution in [3.63, 3.8) is 0 Å². The minimum Gasteiger partial charge on any atom is -0.379 e. The molecule has 0 aliphatic rings. The van der Waals surface area contributed by atoms with Crippen LogP contribution in [0.2, 0.25) is 0 Å². The molecule has 6 nitrogen and oxygen atoms in total. The monoisotopic (exact) mass is 336 g/mol. The van der Waals surface area contributed by atoms with Gasteiger partial charge in [0.15, 0.2) is 0 Å². The van der Waals surface area contributed by atoms with Crippen LogP contribution in [-0.2, 0) is 23.8 Å². The highest BCUT2D eigenvalue weighted by atomic mass is 32.2. The first-order chi connectivity index (χ1) is 10.4. The van der Waals surface area contributed by atoms with Gasteiger partial charge < -0.3 is 4.74 Å². The van der Waals surface area contributed by atoms with Crippen molar-refractivity contribution >= 4 is 21.4 Å². The lowest BCUT2D eigenvalue weighted by Gasteiger charge is -2.04. The van der Waals surface area contributed by atoms with Gasteiger partial charge in [0.25, 0.3) is 0 Å². The van der Waals surface area contributed by atoms with Gasteiger partial charge in [0.1, 0.15) is 0 Å². The van der Waals surface area contributed by atoms with E-state index in [2.05, 4.69) is 15.8 Å². The summed E-state index contributed by atoms with van der Waals surface area (Å²) in [7, 11) is -4.44. The molecule has 0 aliphatic heterocycles.